The maximum Gasteiger partial charge on any atom is 0.511 e. The van der Waals surface area contributed by atoms with E-state index in [1.807, 2.05) is 4.90 Å². The van der Waals surface area contributed by atoms with Gasteiger partial charge in [-0.15, -0.1) is 0 Å². The van der Waals surface area contributed by atoms with Gasteiger partial charge in [-0.25, -0.2) is 13.6 Å². The van der Waals surface area contributed by atoms with Crippen LogP contribution in [-0.2, 0) is 0 Å². The predicted molar refractivity (Wildman–Crippen MR) is 102 cm³/mol. The highest BCUT2D eigenvalue weighted by Crippen LogP contribution is 2.53. The van der Waals surface area contributed by atoms with Crippen LogP contribution in [0.25, 0.3) is 10.9 Å². The van der Waals surface area contributed by atoms with E-state index in [4.69, 9.17) is 10.8 Å². The van der Waals surface area contributed by atoms with Gasteiger partial charge in [0.2, 0.25) is 5.43 Å². The first-order valence-electron chi connectivity index (χ1n) is 9.65. The normalized spacial score (nSPS) is 26.9. The van der Waals surface area contributed by atoms with Crippen molar-refractivity contribution in [3.05, 3.63) is 33.9 Å². The first-order valence-corrected chi connectivity index (χ1v) is 9.65. The molecule has 5 rings (SSSR count). The summed E-state index contributed by atoms with van der Waals surface area (Å²) in [5, 5.41) is 8.92. The van der Waals surface area contributed by atoms with E-state index < -0.39 is 35.4 Å². The van der Waals surface area contributed by atoms with E-state index in [-0.39, 0.29) is 28.8 Å². The van der Waals surface area contributed by atoms with Crippen molar-refractivity contribution < 1.29 is 23.4 Å². The quantitative estimate of drug-likeness (QED) is 0.762. The van der Waals surface area contributed by atoms with Crippen molar-refractivity contribution in [3.8, 4) is 5.75 Å². The number of fused-ring (bicyclic) bond motifs is 1. The minimum Gasteiger partial charge on any atom is -0.449 e. The smallest absolute Gasteiger partial charge is 0.449 e. The summed E-state index contributed by atoms with van der Waals surface area (Å²) in [5.41, 5.74) is 6.37. The number of nitrogens with zero attached hydrogens (tertiary/aromatic N) is 2. The van der Waals surface area contributed by atoms with Gasteiger partial charge in [-0.1, -0.05) is 0 Å². The number of rotatable bonds is 3. The van der Waals surface area contributed by atoms with Gasteiger partial charge >= 0.3 is 6.16 Å². The summed E-state index contributed by atoms with van der Waals surface area (Å²) in [6, 6.07) is 0.982. The van der Waals surface area contributed by atoms with Gasteiger partial charge in [-0.2, -0.15) is 0 Å². The molecule has 2 saturated carbocycles. The first-order chi connectivity index (χ1) is 13.7. The van der Waals surface area contributed by atoms with E-state index in [1.54, 1.807) is 6.07 Å². The average molecular weight is 405 g/mol. The molecule has 1 aromatic carbocycles. The number of carbonyl (C=O) groups is 1. The molecule has 3 N–H and O–H groups in total. The number of aromatic nitrogens is 1. The highest BCUT2D eigenvalue weighted by Gasteiger charge is 2.54. The van der Waals surface area contributed by atoms with Crippen LogP contribution < -0.4 is 20.8 Å². The van der Waals surface area contributed by atoms with E-state index in [2.05, 4.69) is 4.74 Å². The fourth-order valence-corrected chi connectivity index (χ4v) is 4.60. The molecule has 3 aliphatic rings. The minimum absolute atomic E-state index is 0.00808. The molecule has 9 heteroatoms. The third kappa shape index (κ3) is 2.71. The second-order valence-corrected chi connectivity index (χ2v) is 8.49. The molecule has 0 radical (unpaired) electrons. The molecule has 7 nitrogen and oxygen atoms in total. The van der Waals surface area contributed by atoms with Gasteiger partial charge in [-0.05, 0) is 25.8 Å². The van der Waals surface area contributed by atoms with Gasteiger partial charge in [-0.3, -0.25) is 4.79 Å². The van der Waals surface area contributed by atoms with E-state index in [1.165, 1.54) is 17.7 Å². The Morgan fingerprint density at radius 2 is 2.10 bits per heavy atom. The second kappa shape index (κ2) is 5.91. The fourth-order valence-electron chi connectivity index (χ4n) is 4.60. The zero-order chi connectivity index (χ0) is 20.7. The van der Waals surface area contributed by atoms with Crippen LogP contribution in [0.2, 0.25) is 0 Å². The van der Waals surface area contributed by atoms with Crippen molar-refractivity contribution in [2.45, 2.75) is 44.4 Å². The molecule has 0 amide bonds. The van der Waals surface area contributed by atoms with Gasteiger partial charge in [0.25, 0.3) is 0 Å². The van der Waals surface area contributed by atoms with Crippen molar-refractivity contribution in [2.75, 3.05) is 18.0 Å². The number of halogens is 2. The molecule has 1 aliphatic heterocycles. The highest BCUT2D eigenvalue weighted by atomic mass is 19.1. The van der Waals surface area contributed by atoms with Gasteiger partial charge < -0.3 is 25.0 Å². The fraction of sp³-hybridized carbons (Fsp3) is 0.500. The summed E-state index contributed by atoms with van der Waals surface area (Å²) >= 11 is 0. The Labute approximate surface area is 164 Å². The summed E-state index contributed by atoms with van der Waals surface area (Å²) in [5.74, 6) is -1.01. The molecule has 3 fully saturated rings. The summed E-state index contributed by atoms with van der Waals surface area (Å²) in [6.07, 6.45) is 0.727. The Kier molecular flexibility index (Phi) is 3.74. The Morgan fingerprint density at radius 3 is 2.66 bits per heavy atom. The van der Waals surface area contributed by atoms with Gasteiger partial charge in [0.1, 0.15) is 12.0 Å². The van der Waals surface area contributed by atoms with Crippen molar-refractivity contribution >= 4 is 22.7 Å². The maximum absolute atomic E-state index is 15.3. The topological polar surface area (TPSA) is 97.8 Å². The number of pyridine rings is 1. The van der Waals surface area contributed by atoms with Crippen LogP contribution in [0.15, 0.2) is 17.1 Å². The van der Waals surface area contributed by atoms with Crippen molar-refractivity contribution in [3.63, 3.8) is 0 Å². The third-order valence-electron chi connectivity index (χ3n) is 6.62. The lowest BCUT2D eigenvalue weighted by Crippen LogP contribution is -2.30. The van der Waals surface area contributed by atoms with Crippen LogP contribution in [0.4, 0.5) is 19.3 Å². The Bertz CT molecular complexity index is 1110. The van der Waals surface area contributed by atoms with Gasteiger partial charge in [0.05, 0.1) is 28.8 Å². The monoisotopic (exact) mass is 405 g/mol. The summed E-state index contributed by atoms with van der Waals surface area (Å²) in [4.78, 5) is 25.7. The summed E-state index contributed by atoms with van der Waals surface area (Å²) < 4.78 is 35.3. The zero-order valence-corrected chi connectivity index (χ0v) is 15.8. The molecule has 1 saturated heterocycles. The molecule has 3 atom stereocenters. The molecule has 2 aromatic rings. The number of ether oxygens (including phenoxy) is 1. The van der Waals surface area contributed by atoms with E-state index in [0.717, 1.165) is 12.8 Å². The van der Waals surface area contributed by atoms with Crippen LogP contribution >= 0.6 is 0 Å². The molecule has 154 valence electrons. The first kappa shape index (κ1) is 18.4. The van der Waals surface area contributed by atoms with Crippen molar-refractivity contribution in [1.29, 1.82) is 0 Å². The lowest BCUT2D eigenvalue weighted by Gasteiger charge is -2.23. The third-order valence-corrected chi connectivity index (χ3v) is 6.62. The Morgan fingerprint density at radius 1 is 1.41 bits per heavy atom. The lowest BCUT2D eigenvalue weighted by molar-refractivity contribution is 0.143. The molecule has 2 aliphatic carbocycles. The zero-order valence-electron chi connectivity index (χ0n) is 15.8. The number of anilines is 1. The number of nitrogens with two attached hydrogens (primary N) is 1. The van der Waals surface area contributed by atoms with E-state index in [0.29, 0.717) is 24.3 Å². The van der Waals surface area contributed by atoms with Crippen molar-refractivity contribution in [1.82, 2.24) is 4.57 Å². The van der Waals surface area contributed by atoms with Crippen LogP contribution in [0, 0.1) is 18.2 Å². The highest BCUT2D eigenvalue weighted by molar-refractivity contribution is 5.88. The number of carboxylic acid groups (broad SMARTS) is 1. The minimum atomic E-state index is -1.66. The number of hydrogen-bond donors (Lipinski definition) is 2. The molecule has 0 bridgehead atoms. The lowest BCUT2D eigenvalue weighted by atomic mass is 10.0. The Balaban J connectivity index is 1.71. The maximum atomic E-state index is 15.3. The standard InChI is InChI=1S/C20H21F2N3O4/c1-9-16-12(5-13(17(9)22)24-7-15(23)20(8-24)2-3-20)25(11-4-10(11)21)6-14(18(16)26)29-19(27)28/h5-6,10-11,15H,2-4,7-8,23H2,1H3,(H,27,28)/t10-,11+,15+/m0/s1. The molecule has 29 heavy (non-hydrogen) atoms. The SMILES string of the molecule is Cc1c(F)c(N2C[C@@H](N)C3(CC3)C2)cc2c1c(=O)c(OC(=O)O)cn2[C@@H]1C[C@@H]1F. The average Bonchev–Trinajstić information content (AvgIpc) is 3.55. The Hall–Kier alpha value is -2.68. The number of hydrogen-bond acceptors (Lipinski definition) is 5. The van der Waals surface area contributed by atoms with Crippen LogP contribution in [0.5, 0.6) is 5.75 Å². The van der Waals surface area contributed by atoms with Gasteiger partial charge in [0.15, 0.2) is 5.75 Å². The number of benzene rings is 1. The van der Waals surface area contributed by atoms with Crippen LogP contribution in [-0.4, -0.2) is 41.1 Å². The number of alkyl halides is 1. The molecule has 0 unspecified atom stereocenters. The molecular formula is C20H21F2N3O4. The summed E-state index contributed by atoms with van der Waals surface area (Å²) in [6.45, 7) is 2.64. The van der Waals surface area contributed by atoms with E-state index in [9.17, 15) is 14.0 Å². The molecule has 1 aromatic heterocycles. The van der Waals surface area contributed by atoms with Crippen LogP contribution in [0.3, 0.4) is 0 Å². The largest absolute Gasteiger partial charge is 0.511 e. The second-order valence-electron chi connectivity index (χ2n) is 8.49. The van der Waals surface area contributed by atoms with E-state index >= 15 is 4.39 Å². The van der Waals surface area contributed by atoms with Crippen LogP contribution in [0.1, 0.15) is 30.9 Å². The molecule has 1 spiro atoms. The van der Waals surface area contributed by atoms with Crippen molar-refractivity contribution in [2.24, 2.45) is 11.1 Å². The number of aryl methyl sites for hydroxylation is 1. The predicted octanol–water partition coefficient (Wildman–Crippen LogP) is 2.72. The molecule has 2 heterocycles. The summed E-state index contributed by atoms with van der Waals surface area (Å²) in [7, 11) is 0. The van der Waals surface area contributed by atoms with Gasteiger partial charge in [0, 0.05) is 36.5 Å². The molecular weight excluding hydrogens is 384 g/mol.